The lowest BCUT2D eigenvalue weighted by molar-refractivity contribution is 0.324. The third kappa shape index (κ3) is 4.43. The smallest absolute Gasteiger partial charge is 0.223 e. The fraction of sp³-hybridized carbons (Fsp3) is 0.304. The Morgan fingerprint density at radius 2 is 1.97 bits per heavy atom. The lowest BCUT2D eigenvalue weighted by atomic mass is 9.88. The number of para-hydroxylation sites is 1. The molecule has 29 heavy (non-hydrogen) atoms. The molecule has 1 atom stereocenters. The molecule has 2 aromatic heterocycles. The van der Waals surface area contributed by atoms with Crippen LogP contribution in [0.2, 0.25) is 0 Å². The van der Waals surface area contributed by atoms with Gasteiger partial charge in [0.25, 0.3) is 0 Å². The Kier molecular flexibility index (Phi) is 5.28. The maximum Gasteiger partial charge on any atom is 0.223 e. The van der Waals surface area contributed by atoms with Gasteiger partial charge in [0.2, 0.25) is 5.95 Å². The maximum atomic E-state index is 5.50. The highest BCUT2D eigenvalue weighted by Gasteiger charge is 2.29. The third-order valence-corrected chi connectivity index (χ3v) is 6.13. The number of benzene rings is 1. The van der Waals surface area contributed by atoms with E-state index in [1.165, 1.54) is 0 Å². The Bertz CT molecular complexity index is 1030. The highest BCUT2D eigenvalue weighted by atomic mass is 32.1. The van der Waals surface area contributed by atoms with E-state index in [-0.39, 0.29) is 11.6 Å². The van der Waals surface area contributed by atoms with Gasteiger partial charge in [-0.1, -0.05) is 18.7 Å². The van der Waals surface area contributed by atoms with Crippen LogP contribution in [0.1, 0.15) is 26.7 Å². The van der Waals surface area contributed by atoms with Gasteiger partial charge in [0.05, 0.1) is 17.7 Å². The Morgan fingerprint density at radius 3 is 2.76 bits per heavy atom. The van der Waals surface area contributed by atoms with E-state index < -0.39 is 0 Å². The Hall–Kier alpha value is -2.86. The van der Waals surface area contributed by atoms with Crippen LogP contribution in [0.4, 0.5) is 5.95 Å². The van der Waals surface area contributed by atoms with Crippen LogP contribution >= 0.6 is 11.3 Å². The fourth-order valence-corrected chi connectivity index (χ4v) is 4.89. The number of piperidine rings is 1. The molecular formula is C23H26N4OS. The largest absolute Gasteiger partial charge is 0.496 e. The average Bonchev–Trinajstić information content (AvgIpc) is 3.16. The number of aromatic nitrogens is 2. The summed E-state index contributed by atoms with van der Waals surface area (Å²) in [5.41, 5.74) is 3.08. The molecule has 1 unspecified atom stereocenters. The molecule has 0 aliphatic carbocycles. The molecule has 0 bridgehead atoms. The second kappa shape index (κ2) is 7.87. The topological polar surface area (TPSA) is 59.1 Å². The number of methoxy groups -OCH3 is 1. The molecule has 0 spiro atoms. The average molecular weight is 407 g/mol. The van der Waals surface area contributed by atoms with Gasteiger partial charge in [0, 0.05) is 40.3 Å². The molecule has 5 nitrogen and oxygen atoms in total. The van der Waals surface area contributed by atoms with Crippen LogP contribution in [0, 0.1) is 0 Å². The molecule has 0 amide bonds. The van der Waals surface area contributed by atoms with Crippen LogP contribution in [0.3, 0.4) is 0 Å². The second-order valence-corrected chi connectivity index (χ2v) is 9.08. The minimum Gasteiger partial charge on any atom is -0.496 e. The van der Waals surface area contributed by atoms with Crippen molar-refractivity contribution in [1.29, 1.82) is 0 Å². The zero-order valence-electron chi connectivity index (χ0n) is 17.0. The monoisotopic (exact) mass is 406 g/mol. The first-order valence-corrected chi connectivity index (χ1v) is 10.5. The van der Waals surface area contributed by atoms with Gasteiger partial charge in [-0.3, -0.25) is 0 Å². The van der Waals surface area contributed by atoms with Crippen molar-refractivity contribution in [2.24, 2.45) is 0 Å². The molecule has 4 rings (SSSR count). The first-order valence-electron chi connectivity index (χ1n) is 9.73. The van der Waals surface area contributed by atoms with Crippen LogP contribution < -0.4 is 15.4 Å². The van der Waals surface area contributed by atoms with Crippen molar-refractivity contribution >= 4 is 17.3 Å². The molecule has 1 fully saturated rings. The van der Waals surface area contributed by atoms with Crippen molar-refractivity contribution in [3.63, 3.8) is 0 Å². The molecule has 1 aliphatic rings. The van der Waals surface area contributed by atoms with Crippen molar-refractivity contribution in [3.05, 3.63) is 60.9 Å². The Balaban J connectivity index is 1.55. The van der Waals surface area contributed by atoms with Gasteiger partial charge < -0.3 is 15.4 Å². The zero-order valence-corrected chi connectivity index (χ0v) is 17.8. The van der Waals surface area contributed by atoms with E-state index in [1.807, 2.05) is 30.5 Å². The Labute approximate surface area is 175 Å². The number of ether oxygens (including phenoxy) is 1. The molecule has 0 saturated carbocycles. The van der Waals surface area contributed by atoms with Gasteiger partial charge in [-0.2, -0.15) is 0 Å². The summed E-state index contributed by atoms with van der Waals surface area (Å²) in [4.78, 5) is 11.5. The molecule has 6 heteroatoms. The third-order valence-electron chi connectivity index (χ3n) is 4.98. The van der Waals surface area contributed by atoms with E-state index in [0.29, 0.717) is 5.95 Å². The molecule has 150 valence electrons. The zero-order chi connectivity index (χ0) is 20.4. The number of hydrogen-bond donors (Lipinski definition) is 2. The summed E-state index contributed by atoms with van der Waals surface area (Å²) in [5, 5.41) is 6.95. The number of hydrogen-bond acceptors (Lipinski definition) is 6. The van der Waals surface area contributed by atoms with Crippen LogP contribution in [0.15, 0.2) is 60.9 Å². The molecule has 3 aromatic rings. The summed E-state index contributed by atoms with van der Waals surface area (Å²) in [6, 6.07) is 14.5. The number of thiophene rings is 1. The lowest BCUT2D eigenvalue weighted by Gasteiger charge is -2.38. The summed E-state index contributed by atoms with van der Waals surface area (Å²) in [7, 11) is 1.70. The van der Waals surface area contributed by atoms with Gasteiger partial charge in [0.1, 0.15) is 5.75 Å². The van der Waals surface area contributed by atoms with Crippen LogP contribution in [0.5, 0.6) is 5.75 Å². The minimum absolute atomic E-state index is 0.0159. The summed E-state index contributed by atoms with van der Waals surface area (Å²) in [6.07, 6.45) is 3.67. The van der Waals surface area contributed by atoms with Crippen LogP contribution in [-0.2, 0) is 0 Å². The second-order valence-electron chi connectivity index (χ2n) is 7.99. The lowest BCUT2D eigenvalue weighted by Crippen LogP contribution is -2.48. The highest BCUT2D eigenvalue weighted by molar-refractivity contribution is 7.18. The van der Waals surface area contributed by atoms with Gasteiger partial charge >= 0.3 is 0 Å². The standard InChI is InChI=1S/C23H26N4OS/c1-15-13-16(14-23(2,3)27-15)25-22-24-12-11-18(26-22)21-10-9-20(29-21)17-7-5-6-8-19(17)28-4/h5-12,16,27H,1,13-14H2,2-4H3,(H,24,25,26). The van der Waals surface area contributed by atoms with Gasteiger partial charge in [-0.25, -0.2) is 9.97 Å². The normalized spacial score (nSPS) is 18.2. The Morgan fingerprint density at radius 1 is 1.17 bits per heavy atom. The van der Waals surface area contributed by atoms with E-state index >= 15 is 0 Å². The van der Waals surface area contributed by atoms with Crippen molar-refractivity contribution in [3.8, 4) is 26.8 Å². The molecule has 3 heterocycles. The first-order chi connectivity index (χ1) is 13.9. The highest BCUT2D eigenvalue weighted by Crippen LogP contribution is 2.38. The molecule has 1 aromatic carbocycles. The van der Waals surface area contributed by atoms with E-state index in [9.17, 15) is 0 Å². The number of nitrogens with one attached hydrogen (secondary N) is 2. The minimum atomic E-state index is 0.0159. The van der Waals surface area contributed by atoms with E-state index in [0.717, 1.165) is 45.3 Å². The molecular weight excluding hydrogens is 380 g/mol. The summed E-state index contributed by atoms with van der Waals surface area (Å²) < 4.78 is 5.50. The van der Waals surface area contributed by atoms with Gasteiger partial charge in [0.15, 0.2) is 0 Å². The SMILES string of the molecule is C=C1CC(Nc2nccc(-c3ccc(-c4ccccc4OC)s3)n2)CC(C)(C)N1. The predicted octanol–water partition coefficient (Wildman–Crippen LogP) is 5.34. The van der Waals surface area contributed by atoms with Gasteiger partial charge in [-0.15, -0.1) is 11.3 Å². The van der Waals surface area contributed by atoms with Crippen LogP contribution in [0.25, 0.3) is 21.0 Å². The van der Waals surface area contributed by atoms with Crippen LogP contribution in [-0.4, -0.2) is 28.7 Å². The summed E-state index contributed by atoms with van der Waals surface area (Å²) in [6.45, 7) is 8.49. The van der Waals surface area contributed by atoms with Crippen molar-refractivity contribution in [2.45, 2.75) is 38.3 Å². The number of rotatable bonds is 5. The molecule has 1 saturated heterocycles. The quantitative estimate of drug-likeness (QED) is 0.599. The van der Waals surface area contributed by atoms with E-state index in [4.69, 9.17) is 9.72 Å². The summed E-state index contributed by atoms with van der Waals surface area (Å²) >= 11 is 1.70. The van der Waals surface area contributed by atoms with E-state index in [2.05, 4.69) is 54.2 Å². The van der Waals surface area contributed by atoms with Crippen molar-refractivity contribution in [1.82, 2.24) is 15.3 Å². The first kappa shape index (κ1) is 19.5. The summed E-state index contributed by atoms with van der Waals surface area (Å²) in [5.74, 6) is 1.53. The van der Waals surface area contributed by atoms with Crippen molar-refractivity contribution in [2.75, 3.05) is 12.4 Å². The van der Waals surface area contributed by atoms with Gasteiger partial charge in [-0.05, 0) is 50.6 Å². The molecule has 0 radical (unpaired) electrons. The molecule has 2 N–H and O–H groups in total. The number of anilines is 1. The molecule has 1 aliphatic heterocycles. The van der Waals surface area contributed by atoms with Crippen molar-refractivity contribution < 1.29 is 4.74 Å². The fourth-order valence-electron chi connectivity index (χ4n) is 3.88. The maximum absolute atomic E-state index is 5.50. The predicted molar refractivity (Wildman–Crippen MR) is 120 cm³/mol. The van der Waals surface area contributed by atoms with E-state index in [1.54, 1.807) is 18.4 Å². The number of nitrogens with zero attached hydrogens (tertiary/aromatic N) is 2.